The van der Waals surface area contributed by atoms with Crippen LogP contribution in [0.5, 0.6) is 11.5 Å². The van der Waals surface area contributed by atoms with Gasteiger partial charge in [0.2, 0.25) is 0 Å². The second-order valence-corrected chi connectivity index (χ2v) is 10.2. The number of carbonyl (C=O) groups is 2. The zero-order valence-corrected chi connectivity index (χ0v) is 23.6. The molecule has 1 atom stereocenters. The van der Waals surface area contributed by atoms with Crippen molar-refractivity contribution in [3.05, 3.63) is 95.6 Å². The molecule has 236 valence electrons. The Morgan fingerprint density at radius 1 is 0.841 bits per heavy atom. The van der Waals surface area contributed by atoms with Crippen molar-refractivity contribution in [3.8, 4) is 11.5 Å². The number of esters is 1. The third-order valence-electron chi connectivity index (χ3n) is 7.08. The number of ether oxygens (including phenoxy) is 3. The third kappa shape index (κ3) is 8.57. The van der Waals surface area contributed by atoms with Crippen LogP contribution in [0.1, 0.15) is 36.5 Å². The van der Waals surface area contributed by atoms with Crippen molar-refractivity contribution in [2.24, 2.45) is 5.92 Å². The highest BCUT2D eigenvalue weighted by Crippen LogP contribution is 2.39. The lowest BCUT2D eigenvalue weighted by atomic mass is 9.77. The van der Waals surface area contributed by atoms with Gasteiger partial charge in [0.15, 0.2) is 0 Å². The number of piperidine rings is 1. The molecule has 2 amide bonds. The van der Waals surface area contributed by atoms with Gasteiger partial charge in [-0.2, -0.15) is 0 Å². The van der Waals surface area contributed by atoms with E-state index >= 15 is 0 Å². The van der Waals surface area contributed by atoms with Crippen molar-refractivity contribution >= 4 is 12.0 Å². The van der Waals surface area contributed by atoms with Crippen LogP contribution in [0.2, 0.25) is 0 Å². The molecule has 13 heteroatoms. The van der Waals surface area contributed by atoms with Crippen LogP contribution < -0.4 is 14.8 Å². The monoisotopic (exact) mass is 624 g/mol. The first kappa shape index (κ1) is 32.5. The zero-order chi connectivity index (χ0) is 32.0. The molecular formula is C31H30F6N2O5. The minimum absolute atomic E-state index is 0.0144. The van der Waals surface area contributed by atoms with Gasteiger partial charge in [-0.05, 0) is 60.7 Å². The Kier molecular flexibility index (Phi) is 9.95. The Morgan fingerprint density at radius 3 is 1.93 bits per heavy atom. The maximum absolute atomic E-state index is 13.9. The Morgan fingerprint density at radius 2 is 1.41 bits per heavy atom. The van der Waals surface area contributed by atoms with Gasteiger partial charge in [0.1, 0.15) is 11.5 Å². The summed E-state index contributed by atoms with van der Waals surface area (Å²) in [5.41, 5.74) is -0.926. The number of nitrogens with zero attached hydrogens (tertiary/aromatic N) is 1. The molecule has 0 spiro atoms. The standard InChI is InChI=1S/C31H30F6N2O5/c1-2-42-27(40)22-11-8-16-39(20-22)28(41)38-29(19-21-9-4-3-5-10-21,23-12-6-14-25(17-23)43-30(32,33)34)24-13-7-15-26(18-24)44-31(35,36)37/h3-7,9-10,12-15,17-18,22H,2,8,11,16,19-20H2,1H3,(H,38,41). The van der Waals surface area contributed by atoms with Gasteiger partial charge in [0.25, 0.3) is 0 Å². The summed E-state index contributed by atoms with van der Waals surface area (Å²) in [5, 5.41) is 2.91. The van der Waals surface area contributed by atoms with Gasteiger partial charge in [-0.3, -0.25) is 4.79 Å². The summed E-state index contributed by atoms with van der Waals surface area (Å²) in [5.74, 6) is -2.24. The first-order chi connectivity index (χ1) is 20.8. The van der Waals surface area contributed by atoms with Crippen LogP contribution in [0.25, 0.3) is 0 Å². The summed E-state index contributed by atoms with van der Waals surface area (Å²) < 4.78 is 92.6. The minimum Gasteiger partial charge on any atom is -0.466 e. The minimum atomic E-state index is -5.03. The molecule has 1 N–H and O–H groups in total. The number of amides is 2. The smallest absolute Gasteiger partial charge is 0.466 e. The van der Waals surface area contributed by atoms with Crippen LogP contribution >= 0.6 is 0 Å². The molecule has 0 saturated carbocycles. The number of halogens is 6. The van der Waals surface area contributed by atoms with Gasteiger partial charge in [-0.1, -0.05) is 54.6 Å². The summed E-state index contributed by atoms with van der Waals surface area (Å²) in [4.78, 5) is 27.8. The molecular weight excluding hydrogens is 594 g/mol. The summed E-state index contributed by atoms with van der Waals surface area (Å²) >= 11 is 0. The van der Waals surface area contributed by atoms with Gasteiger partial charge >= 0.3 is 24.7 Å². The Bertz CT molecular complexity index is 1370. The predicted molar refractivity (Wildman–Crippen MR) is 147 cm³/mol. The number of benzene rings is 3. The first-order valence-electron chi connectivity index (χ1n) is 13.8. The molecule has 1 saturated heterocycles. The molecule has 3 aromatic rings. The van der Waals surface area contributed by atoms with E-state index in [2.05, 4.69) is 14.8 Å². The molecule has 44 heavy (non-hydrogen) atoms. The van der Waals surface area contributed by atoms with Crippen LogP contribution in [0.15, 0.2) is 78.9 Å². The van der Waals surface area contributed by atoms with Crippen molar-refractivity contribution in [2.75, 3.05) is 19.7 Å². The topological polar surface area (TPSA) is 77.1 Å². The number of likely N-dealkylation sites (tertiary alicyclic amines) is 1. The van der Waals surface area contributed by atoms with Crippen molar-refractivity contribution < 1.29 is 50.1 Å². The summed E-state index contributed by atoms with van der Waals surface area (Å²) in [6.45, 7) is 2.10. The van der Waals surface area contributed by atoms with Crippen molar-refractivity contribution in [1.29, 1.82) is 0 Å². The highest BCUT2D eigenvalue weighted by molar-refractivity contribution is 5.79. The number of alkyl halides is 6. The van der Waals surface area contributed by atoms with Crippen LogP contribution in [0.3, 0.4) is 0 Å². The number of rotatable bonds is 9. The van der Waals surface area contributed by atoms with Gasteiger partial charge < -0.3 is 24.4 Å². The van der Waals surface area contributed by atoms with Gasteiger partial charge in [-0.25, -0.2) is 4.79 Å². The lowest BCUT2D eigenvalue weighted by Gasteiger charge is -2.40. The molecule has 4 rings (SSSR count). The van der Waals surface area contributed by atoms with Gasteiger partial charge in [0.05, 0.1) is 18.1 Å². The van der Waals surface area contributed by atoms with Crippen molar-refractivity contribution in [1.82, 2.24) is 10.2 Å². The highest BCUT2D eigenvalue weighted by Gasteiger charge is 2.41. The van der Waals surface area contributed by atoms with Crippen LogP contribution in [-0.2, 0) is 21.5 Å². The molecule has 1 aliphatic heterocycles. The number of nitrogens with one attached hydrogen (secondary N) is 1. The number of hydrogen-bond acceptors (Lipinski definition) is 5. The molecule has 0 aliphatic carbocycles. The quantitative estimate of drug-likeness (QED) is 0.206. The van der Waals surface area contributed by atoms with E-state index in [1.54, 1.807) is 37.3 Å². The normalized spacial score (nSPS) is 15.8. The fourth-order valence-electron chi connectivity index (χ4n) is 5.25. The highest BCUT2D eigenvalue weighted by atomic mass is 19.4. The van der Waals surface area contributed by atoms with Gasteiger partial charge in [0, 0.05) is 19.5 Å². The first-order valence-corrected chi connectivity index (χ1v) is 13.8. The van der Waals surface area contributed by atoms with Crippen molar-refractivity contribution in [2.45, 2.75) is 44.4 Å². The van der Waals surface area contributed by atoms with E-state index in [1.807, 2.05) is 0 Å². The average Bonchev–Trinajstić information content (AvgIpc) is 2.96. The van der Waals surface area contributed by atoms with E-state index in [0.29, 0.717) is 18.4 Å². The number of urea groups is 1. The molecule has 3 aromatic carbocycles. The second kappa shape index (κ2) is 13.5. The molecule has 1 unspecified atom stereocenters. The fraction of sp³-hybridized carbons (Fsp3) is 0.355. The van der Waals surface area contributed by atoms with E-state index < -0.39 is 47.7 Å². The summed E-state index contributed by atoms with van der Waals surface area (Å²) in [6.07, 6.45) is -9.17. The lowest BCUT2D eigenvalue weighted by molar-refractivity contribution is -0.275. The molecule has 0 aromatic heterocycles. The van der Waals surface area contributed by atoms with Crippen LogP contribution in [0.4, 0.5) is 31.1 Å². The van der Waals surface area contributed by atoms with E-state index in [1.165, 1.54) is 29.2 Å². The van der Waals surface area contributed by atoms with E-state index in [9.17, 15) is 35.9 Å². The molecule has 7 nitrogen and oxygen atoms in total. The second-order valence-electron chi connectivity index (χ2n) is 10.2. The van der Waals surface area contributed by atoms with E-state index in [0.717, 1.165) is 24.3 Å². The van der Waals surface area contributed by atoms with Gasteiger partial charge in [-0.15, -0.1) is 26.3 Å². The molecule has 1 aliphatic rings. The van der Waals surface area contributed by atoms with E-state index in [4.69, 9.17) is 4.74 Å². The largest absolute Gasteiger partial charge is 0.573 e. The maximum atomic E-state index is 13.9. The zero-order valence-electron chi connectivity index (χ0n) is 23.6. The molecule has 1 heterocycles. The predicted octanol–water partition coefficient (Wildman–Crippen LogP) is 6.95. The molecule has 0 radical (unpaired) electrons. The average molecular weight is 625 g/mol. The molecule has 1 fully saturated rings. The summed E-state index contributed by atoms with van der Waals surface area (Å²) in [6, 6.07) is 17.7. The third-order valence-corrected chi connectivity index (χ3v) is 7.08. The Labute approximate surface area is 249 Å². The van der Waals surface area contributed by atoms with Crippen molar-refractivity contribution in [3.63, 3.8) is 0 Å². The van der Waals surface area contributed by atoms with E-state index in [-0.39, 0.29) is 37.2 Å². The lowest BCUT2D eigenvalue weighted by Crippen LogP contribution is -2.55. The van der Waals surface area contributed by atoms with Crippen LogP contribution in [-0.4, -0.2) is 49.3 Å². The summed E-state index contributed by atoms with van der Waals surface area (Å²) in [7, 11) is 0. The number of carbonyl (C=O) groups excluding carboxylic acids is 2. The number of hydrogen-bond donors (Lipinski definition) is 1. The van der Waals surface area contributed by atoms with Crippen LogP contribution in [0, 0.1) is 5.92 Å². The SMILES string of the molecule is CCOC(=O)C1CCCN(C(=O)NC(Cc2ccccc2)(c2cccc(OC(F)(F)F)c2)c2cccc(OC(F)(F)F)c2)C1. The Hall–Kier alpha value is -4.42. The Balaban J connectivity index is 1.85. The molecule has 0 bridgehead atoms. The maximum Gasteiger partial charge on any atom is 0.573 e. The fourth-order valence-corrected chi connectivity index (χ4v) is 5.25.